The van der Waals surface area contributed by atoms with E-state index in [9.17, 15) is 9.59 Å². The van der Waals surface area contributed by atoms with Crippen molar-refractivity contribution in [2.45, 2.75) is 32.7 Å². The Bertz CT molecular complexity index is 450. The smallest absolute Gasteiger partial charge is 0.305 e. The van der Waals surface area contributed by atoms with Crippen molar-refractivity contribution < 1.29 is 14.7 Å². The van der Waals surface area contributed by atoms with Gasteiger partial charge in [-0.3, -0.25) is 9.59 Å². The number of aliphatic carboxylic acids is 1. The molecule has 0 radical (unpaired) electrons. The molecule has 6 heteroatoms. The average Bonchev–Trinajstić information content (AvgIpc) is 2.62. The molecule has 0 spiro atoms. The van der Waals surface area contributed by atoms with E-state index in [0.29, 0.717) is 5.56 Å². The SMILES string of the molecule is CC(C)(C)N(CCC(=O)O)C(=O)c1csc(Br)c1. The van der Waals surface area contributed by atoms with Crippen LogP contribution in [0.3, 0.4) is 0 Å². The molecule has 0 atom stereocenters. The second-order valence-corrected chi connectivity index (χ2v) is 7.20. The Labute approximate surface area is 119 Å². The van der Waals surface area contributed by atoms with E-state index in [0.717, 1.165) is 3.79 Å². The van der Waals surface area contributed by atoms with Crippen LogP contribution in [0.2, 0.25) is 0 Å². The molecule has 0 aromatic carbocycles. The Morgan fingerprint density at radius 1 is 1.44 bits per heavy atom. The van der Waals surface area contributed by atoms with Gasteiger partial charge in [-0.05, 0) is 42.8 Å². The highest BCUT2D eigenvalue weighted by Crippen LogP contribution is 2.24. The average molecular weight is 334 g/mol. The second kappa shape index (κ2) is 5.84. The number of halogens is 1. The van der Waals surface area contributed by atoms with Crippen LogP contribution in [0, 0.1) is 0 Å². The molecular formula is C12H16BrNO3S. The quantitative estimate of drug-likeness (QED) is 0.920. The van der Waals surface area contributed by atoms with Crippen LogP contribution in [0.5, 0.6) is 0 Å². The largest absolute Gasteiger partial charge is 0.481 e. The minimum absolute atomic E-state index is 0.0473. The monoisotopic (exact) mass is 333 g/mol. The van der Waals surface area contributed by atoms with Gasteiger partial charge >= 0.3 is 5.97 Å². The second-order valence-electron chi connectivity index (χ2n) is 4.91. The molecule has 0 unspecified atom stereocenters. The first-order chi connectivity index (χ1) is 8.21. The highest BCUT2D eigenvalue weighted by Gasteiger charge is 2.28. The van der Waals surface area contributed by atoms with E-state index < -0.39 is 11.5 Å². The lowest BCUT2D eigenvalue weighted by molar-refractivity contribution is -0.137. The van der Waals surface area contributed by atoms with Gasteiger partial charge in [0.1, 0.15) is 0 Å². The summed E-state index contributed by atoms with van der Waals surface area (Å²) >= 11 is 4.75. The number of carboxylic acids is 1. The first-order valence-corrected chi connectivity index (χ1v) is 7.17. The standard InChI is InChI=1S/C12H16BrNO3S/c1-12(2,3)14(5-4-10(15)16)11(17)8-6-9(13)18-7-8/h6-7H,4-5H2,1-3H3,(H,15,16). The van der Waals surface area contributed by atoms with Gasteiger partial charge < -0.3 is 10.0 Å². The van der Waals surface area contributed by atoms with E-state index in [2.05, 4.69) is 15.9 Å². The maximum Gasteiger partial charge on any atom is 0.305 e. The van der Waals surface area contributed by atoms with Crippen LogP contribution in [0.15, 0.2) is 15.2 Å². The molecule has 0 fully saturated rings. The lowest BCUT2D eigenvalue weighted by atomic mass is 10.0. The van der Waals surface area contributed by atoms with Crippen molar-refractivity contribution in [2.24, 2.45) is 0 Å². The van der Waals surface area contributed by atoms with E-state index in [-0.39, 0.29) is 18.9 Å². The summed E-state index contributed by atoms with van der Waals surface area (Å²) in [6.45, 7) is 5.90. The fraction of sp³-hybridized carbons (Fsp3) is 0.500. The van der Waals surface area contributed by atoms with Gasteiger partial charge in [0.25, 0.3) is 5.91 Å². The fourth-order valence-corrected chi connectivity index (χ4v) is 2.66. The number of rotatable bonds is 4. The number of nitrogens with zero attached hydrogens (tertiary/aromatic N) is 1. The maximum absolute atomic E-state index is 12.3. The molecule has 1 aromatic heterocycles. The molecule has 0 bridgehead atoms. The summed E-state index contributed by atoms with van der Waals surface area (Å²) in [5.74, 6) is -1.03. The molecule has 1 heterocycles. The van der Waals surface area contributed by atoms with Crippen LogP contribution in [0.4, 0.5) is 0 Å². The molecule has 0 aliphatic heterocycles. The number of amides is 1. The molecule has 1 aromatic rings. The molecule has 0 aliphatic rings. The van der Waals surface area contributed by atoms with E-state index in [1.165, 1.54) is 11.3 Å². The van der Waals surface area contributed by atoms with E-state index >= 15 is 0 Å². The Hall–Kier alpha value is -0.880. The molecular weight excluding hydrogens is 318 g/mol. The van der Waals surface area contributed by atoms with Gasteiger partial charge in [-0.1, -0.05) is 0 Å². The molecule has 0 saturated carbocycles. The van der Waals surface area contributed by atoms with Crippen molar-refractivity contribution >= 4 is 39.1 Å². The van der Waals surface area contributed by atoms with E-state index in [1.54, 1.807) is 16.3 Å². The zero-order valence-corrected chi connectivity index (χ0v) is 13.0. The summed E-state index contributed by atoms with van der Waals surface area (Å²) < 4.78 is 0.887. The van der Waals surface area contributed by atoms with E-state index in [4.69, 9.17) is 5.11 Å². The fourth-order valence-electron chi connectivity index (χ4n) is 1.53. The van der Waals surface area contributed by atoms with Crippen molar-refractivity contribution in [3.05, 3.63) is 20.8 Å². The minimum atomic E-state index is -0.899. The number of thiophene rings is 1. The topological polar surface area (TPSA) is 57.6 Å². The van der Waals surface area contributed by atoms with Crippen LogP contribution in [0.1, 0.15) is 37.6 Å². The lowest BCUT2D eigenvalue weighted by Gasteiger charge is -2.35. The lowest BCUT2D eigenvalue weighted by Crippen LogP contribution is -2.46. The molecule has 18 heavy (non-hydrogen) atoms. The molecule has 1 rings (SSSR count). The number of hydrogen-bond donors (Lipinski definition) is 1. The summed E-state index contributed by atoms with van der Waals surface area (Å²) in [4.78, 5) is 24.6. The predicted molar refractivity (Wildman–Crippen MR) is 75.1 cm³/mol. The van der Waals surface area contributed by atoms with Crippen molar-refractivity contribution in [2.75, 3.05) is 6.54 Å². The van der Waals surface area contributed by atoms with Crippen LogP contribution in [0.25, 0.3) is 0 Å². The molecule has 0 aliphatic carbocycles. The van der Waals surface area contributed by atoms with Gasteiger partial charge in [0.2, 0.25) is 0 Å². The van der Waals surface area contributed by atoms with Gasteiger partial charge in [0.15, 0.2) is 0 Å². The minimum Gasteiger partial charge on any atom is -0.481 e. The predicted octanol–water partition coefficient (Wildman–Crippen LogP) is 3.23. The van der Waals surface area contributed by atoms with Crippen molar-refractivity contribution in [3.63, 3.8) is 0 Å². The number of carboxylic acid groups (broad SMARTS) is 1. The Morgan fingerprint density at radius 3 is 2.44 bits per heavy atom. The summed E-state index contributed by atoms with van der Waals surface area (Å²) in [5, 5.41) is 10.5. The van der Waals surface area contributed by atoms with Crippen LogP contribution in [-0.4, -0.2) is 34.0 Å². The third kappa shape index (κ3) is 4.10. The van der Waals surface area contributed by atoms with Crippen LogP contribution < -0.4 is 0 Å². The molecule has 1 amide bonds. The Kier molecular flexibility index (Phi) is 4.92. The molecule has 0 saturated heterocycles. The zero-order chi connectivity index (χ0) is 13.9. The first-order valence-electron chi connectivity index (χ1n) is 5.49. The number of hydrogen-bond acceptors (Lipinski definition) is 3. The highest BCUT2D eigenvalue weighted by molar-refractivity contribution is 9.11. The van der Waals surface area contributed by atoms with Gasteiger partial charge in [0.05, 0.1) is 15.8 Å². The van der Waals surface area contributed by atoms with Crippen molar-refractivity contribution in [1.82, 2.24) is 4.90 Å². The molecule has 4 nitrogen and oxygen atoms in total. The first kappa shape index (κ1) is 15.2. The van der Waals surface area contributed by atoms with Gasteiger partial charge in [0, 0.05) is 17.5 Å². The zero-order valence-electron chi connectivity index (χ0n) is 10.6. The van der Waals surface area contributed by atoms with Gasteiger partial charge in [-0.25, -0.2) is 0 Å². The summed E-state index contributed by atoms with van der Waals surface area (Å²) in [6, 6.07) is 1.76. The number of carbonyl (C=O) groups excluding carboxylic acids is 1. The third-order valence-electron chi connectivity index (χ3n) is 2.42. The summed E-state index contributed by atoms with van der Waals surface area (Å²) in [7, 11) is 0. The molecule has 1 N–H and O–H groups in total. The van der Waals surface area contributed by atoms with Crippen molar-refractivity contribution in [3.8, 4) is 0 Å². The summed E-state index contributed by atoms with van der Waals surface area (Å²) in [6.07, 6.45) is -0.0473. The third-order valence-corrected chi connectivity index (χ3v) is 3.92. The Balaban J connectivity index is 2.89. The maximum atomic E-state index is 12.3. The molecule has 100 valence electrons. The van der Waals surface area contributed by atoms with Crippen LogP contribution >= 0.6 is 27.3 Å². The summed E-state index contributed by atoms with van der Waals surface area (Å²) in [5.41, 5.74) is 0.188. The highest BCUT2D eigenvalue weighted by atomic mass is 79.9. The van der Waals surface area contributed by atoms with Gasteiger partial charge in [-0.2, -0.15) is 0 Å². The van der Waals surface area contributed by atoms with E-state index in [1.807, 2.05) is 20.8 Å². The number of carbonyl (C=O) groups is 2. The Morgan fingerprint density at radius 2 is 2.06 bits per heavy atom. The normalized spacial score (nSPS) is 11.3. The van der Waals surface area contributed by atoms with Crippen LogP contribution in [-0.2, 0) is 4.79 Å². The van der Waals surface area contributed by atoms with Gasteiger partial charge in [-0.15, -0.1) is 11.3 Å². The van der Waals surface area contributed by atoms with Crippen molar-refractivity contribution in [1.29, 1.82) is 0 Å².